The van der Waals surface area contributed by atoms with E-state index in [1.54, 1.807) is 26.2 Å². The van der Waals surface area contributed by atoms with Crippen LogP contribution in [0.5, 0.6) is 5.75 Å². The number of nitrogens with zero attached hydrogens (tertiary/aromatic N) is 1. The minimum atomic E-state index is 0.0762. The van der Waals surface area contributed by atoms with Gasteiger partial charge in [0.2, 0.25) is 0 Å². The van der Waals surface area contributed by atoms with E-state index in [1.807, 2.05) is 6.07 Å². The Balaban J connectivity index is 2.87. The van der Waals surface area contributed by atoms with Crippen molar-refractivity contribution < 1.29 is 9.94 Å². The Labute approximate surface area is 107 Å². The number of nitrogens with two attached hydrogens (primary N) is 1. The van der Waals surface area contributed by atoms with Crippen LogP contribution in [0.4, 0.5) is 0 Å². The van der Waals surface area contributed by atoms with E-state index in [1.165, 1.54) is 0 Å². The number of hydrogen-bond acceptors (Lipinski definition) is 4. The predicted octanol–water partition coefficient (Wildman–Crippen LogP) is 0.903. The van der Waals surface area contributed by atoms with Crippen molar-refractivity contribution in [2.45, 2.75) is 13.5 Å². The fourth-order valence-corrected chi connectivity index (χ4v) is 1.48. The van der Waals surface area contributed by atoms with E-state index in [2.05, 4.69) is 22.3 Å². The lowest BCUT2D eigenvalue weighted by atomic mass is 10.1. The first-order chi connectivity index (χ1) is 8.72. The summed E-state index contributed by atoms with van der Waals surface area (Å²) >= 11 is 0. The number of rotatable bonds is 5. The molecule has 18 heavy (non-hydrogen) atoms. The van der Waals surface area contributed by atoms with Gasteiger partial charge in [0.15, 0.2) is 5.84 Å². The maximum Gasteiger partial charge on any atom is 0.170 e. The standard InChI is InChI=1S/C13H17N3O2/c1-3-4-7-15-9-11-8-10(13(14)16-17)5-6-12(11)18-2/h5-6,8,15,17H,7,9H2,1-2H3,(H2,14,16). The van der Waals surface area contributed by atoms with Gasteiger partial charge in [0.05, 0.1) is 13.7 Å². The molecule has 0 heterocycles. The van der Waals surface area contributed by atoms with Gasteiger partial charge in [-0.1, -0.05) is 11.1 Å². The number of amidine groups is 1. The zero-order valence-electron chi connectivity index (χ0n) is 10.5. The SMILES string of the molecule is CC#CCNCc1cc(/C(N)=N/O)ccc1OC. The molecule has 0 radical (unpaired) electrons. The van der Waals surface area contributed by atoms with Gasteiger partial charge in [0.1, 0.15) is 5.75 Å². The number of oxime groups is 1. The van der Waals surface area contributed by atoms with E-state index in [0.29, 0.717) is 18.7 Å². The monoisotopic (exact) mass is 247 g/mol. The van der Waals surface area contributed by atoms with Gasteiger partial charge in [-0.15, -0.1) is 5.92 Å². The van der Waals surface area contributed by atoms with Crippen molar-refractivity contribution in [3.05, 3.63) is 29.3 Å². The third-order valence-electron chi connectivity index (χ3n) is 2.39. The lowest BCUT2D eigenvalue weighted by Crippen LogP contribution is -2.16. The van der Waals surface area contributed by atoms with E-state index in [-0.39, 0.29) is 5.84 Å². The Morgan fingerprint density at radius 2 is 2.33 bits per heavy atom. The molecule has 0 unspecified atom stereocenters. The Kier molecular flexibility index (Phi) is 5.55. The summed E-state index contributed by atoms with van der Waals surface area (Å²) in [6, 6.07) is 5.35. The molecule has 1 aromatic carbocycles. The average molecular weight is 247 g/mol. The summed E-state index contributed by atoms with van der Waals surface area (Å²) in [4.78, 5) is 0. The van der Waals surface area contributed by atoms with Gasteiger partial charge in [0.25, 0.3) is 0 Å². The molecule has 0 bridgehead atoms. The van der Waals surface area contributed by atoms with Gasteiger partial charge in [-0.2, -0.15) is 0 Å². The first-order valence-corrected chi connectivity index (χ1v) is 5.48. The molecule has 0 amide bonds. The van der Waals surface area contributed by atoms with Crippen LogP contribution in [0, 0.1) is 11.8 Å². The second kappa shape index (κ2) is 7.20. The van der Waals surface area contributed by atoms with Crippen molar-refractivity contribution >= 4 is 5.84 Å². The Morgan fingerprint density at radius 3 is 2.94 bits per heavy atom. The lowest BCUT2D eigenvalue weighted by molar-refractivity contribution is 0.318. The summed E-state index contributed by atoms with van der Waals surface area (Å²) in [6.45, 7) is 3.00. The van der Waals surface area contributed by atoms with Crippen LogP contribution in [0.2, 0.25) is 0 Å². The molecule has 0 aliphatic rings. The Morgan fingerprint density at radius 1 is 1.56 bits per heavy atom. The van der Waals surface area contributed by atoms with Gasteiger partial charge >= 0.3 is 0 Å². The minimum Gasteiger partial charge on any atom is -0.496 e. The first kappa shape index (κ1) is 13.9. The highest BCUT2D eigenvalue weighted by atomic mass is 16.5. The summed E-state index contributed by atoms with van der Waals surface area (Å²) in [5.41, 5.74) is 7.13. The molecule has 0 spiro atoms. The van der Waals surface area contributed by atoms with Crippen LogP contribution in [0.1, 0.15) is 18.1 Å². The first-order valence-electron chi connectivity index (χ1n) is 5.48. The second-order valence-corrected chi connectivity index (χ2v) is 3.54. The van der Waals surface area contributed by atoms with Crippen molar-refractivity contribution in [1.82, 2.24) is 5.32 Å². The van der Waals surface area contributed by atoms with Crippen molar-refractivity contribution in [2.75, 3.05) is 13.7 Å². The molecule has 0 aromatic heterocycles. The van der Waals surface area contributed by atoms with Crippen molar-refractivity contribution in [3.63, 3.8) is 0 Å². The van der Waals surface area contributed by atoms with E-state index >= 15 is 0 Å². The molecular formula is C13H17N3O2. The van der Waals surface area contributed by atoms with Gasteiger partial charge < -0.3 is 21.0 Å². The molecule has 0 saturated carbocycles. The maximum atomic E-state index is 8.65. The smallest absolute Gasteiger partial charge is 0.170 e. The van der Waals surface area contributed by atoms with Crippen LogP contribution in [0.25, 0.3) is 0 Å². The molecular weight excluding hydrogens is 230 g/mol. The minimum absolute atomic E-state index is 0.0762. The normalized spacial score (nSPS) is 10.7. The largest absolute Gasteiger partial charge is 0.496 e. The van der Waals surface area contributed by atoms with Gasteiger partial charge in [0, 0.05) is 17.7 Å². The Bertz CT molecular complexity index is 487. The fraction of sp³-hybridized carbons (Fsp3) is 0.308. The quantitative estimate of drug-likeness (QED) is 0.180. The van der Waals surface area contributed by atoms with E-state index < -0.39 is 0 Å². The predicted molar refractivity (Wildman–Crippen MR) is 70.7 cm³/mol. The second-order valence-electron chi connectivity index (χ2n) is 3.54. The number of hydrogen-bond donors (Lipinski definition) is 3. The lowest BCUT2D eigenvalue weighted by Gasteiger charge is -2.10. The van der Waals surface area contributed by atoms with E-state index in [4.69, 9.17) is 15.7 Å². The summed E-state index contributed by atoms with van der Waals surface area (Å²) in [5.74, 6) is 6.55. The summed E-state index contributed by atoms with van der Waals surface area (Å²) < 4.78 is 5.25. The summed E-state index contributed by atoms with van der Waals surface area (Å²) in [6.07, 6.45) is 0. The molecule has 0 aliphatic heterocycles. The number of nitrogens with one attached hydrogen (secondary N) is 1. The van der Waals surface area contributed by atoms with Crippen LogP contribution >= 0.6 is 0 Å². The van der Waals surface area contributed by atoms with Crippen molar-refractivity contribution in [2.24, 2.45) is 10.9 Å². The van der Waals surface area contributed by atoms with E-state index in [9.17, 15) is 0 Å². The molecule has 0 saturated heterocycles. The summed E-state index contributed by atoms with van der Waals surface area (Å²) in [7, 11) is 1.61. The zero-order valence-corrected chi connectivity index (χ0v) is 10.5. The molecule has 1 aromatic rings. The van der Waals surface area contributed by atoms with Crippen LogP contribution in [0.3, 0.4) is 0 Å². The highest BCUT2D eigenvalue weighted by Crippen LogP contribution is 2.19. The average Bonchev–Trinajstić information content (AvgIpc) is 2.42. The maximum absolute atomic E-state index is 8.65. The topological polar surface area (TPSA) is 79.9 Å². The third-order valence-corrected chi connectivity index (χ3v) is 2.39. The van der Waals surface area contributed by atoms with E-state index in [0.717, 1.165) is 11.3 Å². The van der Waals surface area contributed by atoms with Crippen molar-refractivity contribution in [1.29, 1.82) is 0 Å². The molecule has 0 aliphatic carbocycles. The highest BCUT2D eigenvalue weighted by molar-refractivity contribution is 5.97. The van der Waals surface area contributed by atoms with Gasteiger partial charge in [-0.3, -0.25) is 0 Å². The molecule has 1 rings (SSSR count). The molecule has 5 nitrogen and oxygen atoms in total. The Hall–Kier alpha value is -2.19. The molecule has 96 valence electrons. The van der Waals surface area contributed by atoms with Crippen LogP contribution < -0.4 is 15.8 Å². The number of methoxy groups -OCH3 is 1. The van der Waals surface area contributed by atoms with Crippen LogP contribution in [-0.4, -0.2) is 24.7 Å². The van der Waals surface area contributed by atoms with Crippen molar-refractivity contribution in [3.8, 4) is 17.6 Å². The van der Waals surface area contributed by atoms with Crippen LogP contribution in [-0.2, 0) is 6.54 Å². The van der Waals surface area contributed by atoms with Gasteiger partial charge in [-0.05, 0) is 25.1 Å². The highest BCUT2D eigenvalue weighted by Gasteiger charge is 2.06. The summed E-state index contributed by atoms with van der Waals surface area (Å²) in [5, 5.41) is 14.8. The molecule has 4 N–H and O–H groups in total. The van der Waals surface area contributed by atoms with Crippen LogP contribution in [0.15, 0.2) is 23.4 Å². The third kappa shape index (κ3) is 3.68. The number of ether oxygens (including phenoxy) is 1. The molecule has 0 atom stereocenters. The molecule has 5 heteroatoms. The number of benzene rings is 1. The van der Waals surface area contributed by atoms with Gasteiger partial charge in [-0.25, -0.2) is 0 Å². The fourth-order valence-electron chi connectivity index (χ4n) is 1.48. The zero-order chi connectivity index (χ0) is 13.4. The molecule has 0 fully saturated rings.